The van der Waals surface area contributed by atoms with Crippen LogP contribution in [0.1, 0.15) is 54.4 Å². The number of hydrogen-bond donors (Lipinski definition) is 0. The Labute approximate surface area is 239 Å². The Morgan fingerprint density at radius 1 is 0.949 bits per heavy atom. The van der Waals surface area contributed by atoms with E-state index in [1.165, 1.54) is 0 Å². The van der Waals surface area contributed by atoms with Crippen LogP contribution in [0.15, 0.2) is 35.2 Å². The van der Waals surface area contributed by atoms with E-state index in [0.717, 1.165) is 6.29 Å². The van der Waals surface area contributed by atoms with Crippen LogP contribution in [0.3, 0.4) is 0 Å². The third kappa shape index (κ3) is 8.80. The number of hydrogen-bond acceptors (Lipinski definition) is 7. The Bertz CT molecular complexity index is 1030. The second kappa shape index (κ2) is 13.0. The zero-order valence-electron chi connectivity index (χ0n) is 25.9. The van der Waals surface area contributed by atoms with Gasteiger partial charge >= 0.3 is 0 Å². The van der Waals surface area contributed by atoms with Gasteiger partial charge in [-0.25, -0.2) is 8.42 Å². The van der Waals surface area contributed by atoms with Gasteiger partial charge in [0, 0.05) is 25.9 Å². The molecule has 0 amide bonds. The van der Waals surface area contributed by atoms with Gasteiger partial charge in [0.2, 0.25) is 0 Å². The second-order valence-electron chi connectivity index (χ2n) is 13.9. The first kappa shape index (κ1) is 34.3. The molecule has 5 atom stereocenters. The maximum absolute atomic E-state index is 13.3. The van der Waals surface area contributed by atoms with Gasteiger partial charge in [0.25, 0.3) is 0 Å². The van der Waals surface area contributed by atoms with Crippen molar-refractivity contribution in [2.75, 3.05) is 19.5 Å². The maximum atomic E-state index is 13.3. The van der Waals surface area contributed by atoms with Crippen molar-refractivity contribution in [1.29, 1.82) is 0 Å². The number of ether oxygens (including phenoxy) is 2. The molecule has 0 N–H and O–H groups in total. The smallest absolute Gasteiger partial charge is 0.192 e. The van der Waals surface area contributed by atoms with E-state index >= 15 is 0 Å². The summed E-state index contributed by atoms with van der Waals surface area (Å²) in [7, 11) is -6.22. The Morgan fingerprint density at radius 2 is 1.51 bits per heavy atom. The largest absolute Gasteiger partial charge is 0.414 e. The van der Waals surface area contributed by atoms with Gasteiger partial charge in [-0.15, -0.1) is 0 Å². The summed E-state index contributed by atoms with van der Waals surface area (Å²) in [5, 5.41) is 0.0607. The fraction of sp³-hybridized carbons (Fsp3) is 0.759. The minimum absolute atomic E-state index is 0.00572. The Kier molecular flexibility index (Phi) is 11.4. The van der Waals surface area contributed by atoms with Crippen LogP contribution in [0.4, 0.5) is 0 Å². The van der Waals surface area contributed by atoms with E-state index in [2.05, 4.69) is 67.7 Å². The summed E-state index contributed by atoms with van der Waals surface area (Å²) in [5.41, 5.74) is 0. The van der Waals surface area contributed by atoms with Crippen LogP contribution < -0.4 is 0 Å². The molecule has 7 nitrogen and oxygen atoms in total. The predicted octanol–water partition coefficient (Wildman–Crippen LogP) is 6.25. The summed E-state index contributed by atoms with van der Waals surface area (Å²) in [6, 6.07) is 8.40. The van der Waals surface area contributed by atoms with Gasteiger partial charge in [0.05, 0.1) is 41.7 Å². The highest BCUT2D eigenvalue weighted by Crippen LogP contribution is 2.41. The fourth-order valence-corrected chi connectivity index (χ4v) is 8.49. The fourth-order valence-electron chi connectivity index (χ4n) is 4.43. The quantitative estimate of drug-likeness (QED) is 0.195. The molecule has 0 aliphatic carbocycles. The van der Waals surface area contributed by atoms with Gasteiger partial charge in [-0.3, -0.25) is 0 Å². The monoisotopic (exact) mass is 600 g/mol. The van der Waals surface area contributed by atoms with Gasteiger partial charge in [-0.1, -0.05) is 59.7 Å². The Hall–Kier alpha value is -0.886. The van der Waals surface area contributed by atoms with Crippen molar-refractivity contribution < 1.29 is 31.5 Å². The first-order valence-corrected chi connectivity index (χ1v) is 21.4. The third-order valence-electron chi connectivity index (χ3n) is 8.93. The van der Waals surface area contributed by atoms with Gasteiger partial charge < -0.3 is 23.1 Å². The zero-order chi connectivity index (χ0) is 29.9. The number of benzene rings is 1. The predicted molar refractivity (Wildman–Crippen MR) is 162 cm³/mol. The standard InChI is InChI=1S/C29H52O7SSi2/c1-28(2,3)38(8,9)34-20-22(36-39(10,11)29(4,5)6)19-26-27(33-7)24(25(35-26)17-18-30)21-37(31,32)23-15-13-12-14-16-23/h12-16,18,22,24-27H,17,19-21H2,1-11H3/t22-,24?,25?,26+,27+/m0/s1. The first-order chi connectivity index (χ1) is 17.8. The molecule has 0 radical (unpaired) electrons. The SMILES string of the molecule is CO[C@@H]1C(CS(=O)(=O)c2ccccc2)C(CC=O)O[C@@H]1C[C@@H](CO[Si](C)(C)C(C)(C)C)O[Si](C)(C)C(C)(C)C. The Morgan fingerprint density at radius 3 is 2.00 bits per heavy atom. The highest BCUT2D eigenvalue weighted by atomic mass is 32.2. The lowest BCUT2D eigenvalue weighted by Crippen LogP contribution is -2.49. The van der Waals surface area contributed by atoms with Gasteiger partial charge in [0.15, 0.2) is 26.5 Å². The van der Waals surface area contributed by atoms with E-state index in [9.17, 15) is 13.2 Å². The van der Waals surface area contributed by atoms with Crippen LogP contribution in [0.2, 0.25) is 36.3 Å². The maximum Gasteiger partial charge on any atom is 0.192 e. The molecule has 224 valence electrons. The summed E-state index contributed by atoms with van der Waals surface area (Å²) in [6.07, 6.45) is -0.307. The molecular formula is C29H52O7SSi2. The number of rotatable bonds is 13. The summed E-state index contributed by atoms with van der Waals surface area (Å²) in [4.78, 5) is 11.8. The average molecular weight is 601 g/mol. The topological polar surface area (TPSA) is 88.1 Å². The van der Waals surface area contributed by atoms with Crippen molar-refractivity contribution in [3.05, 3.63) is 30.3 Å². The number of carbonyl (C=O) groups is 1. The second-order valence-corrected chi connectivity index (χ2v) is 25.5. The van der Waals surface area contributed by atoms with Crippen LogP contribution in [0.25, 0.3) is 0 Å². The molecule has 1 aromatic rings. The Balaban J connectivity index is 2.35. The van der Waals surface area contributed by atoms with Crippen molar-refractivity contribution in [3.63, 3.8) is 0 Å². The van der Waals surface area contributed by atoms with Crippen molar-refractivity contribution >= 4 is 32.8 Å². The minimum atomic E-state index is -3.60. The lowest BCUT2D eigenvalue weighted by molar-refractivity contribution is -0.111. The zero-order valence-corrected chi connectivity index (χ0v) is 28.8. The van der Waals surface area contributed by atoms with E-state index in [4.69, 9.17) is 18.3 Å². The van der Waals surface area contributed by atoms with Crippen molar-refractivity contribution in [3.8, 4) is 0 Å². The molecule has 0 bridgehead atoms. The molecule has 1 aliphatic rings. The van der Waals surface area contributed by atoms with Crippen LogP contribution >= 0.6 is 0 Å². The summed E-state index contributed by atoms with van der Waals surface area (Å²) >= 11 is 0. The molecule has 2 unspecified atom stereocenters. The molecule has 0 aromatic heterocycles. The number of carbonyl (C=O) groups excluding carboxylic acids is 1. The lowest BCUT2D eigenvalue weighted by Gasteiger charge is -2.42. The molecule has 39 heavy (non-hydrogen) atoms. The molecule has 10 heteroatoms. The molecule has 0 saturated carbocycles. The molecule has 0 spiro atoms. The van der Waals surface area contributed by atoms with E-state index in [1.54, 1.807) is 37.4 Å². The molecule has 1 fully saturated rings. The van der Waals surface area contributed by atoms with Gasteiger partial charge in [0.1, 0.15) is 6.29 Å². The molecule has 1 aliphatic heterocycles. The average Bonchev–Trinajstić information content (AvgIpc) is 3.11. The first-order valence-electron chi connectivity index (χ1n) is 14.0. The van der Waals surface area contributed by atoms with Crippen LogP contribution in [-0.2, 0) is 33.0 Å². The van der Waals surface area contributed by atoms with E-state index in [-0.39, 0.29) is 33.2 Å². The molecule has 1 saturated heterocycles. The third-order valence-corrected chi connectivity index (χ3v) is 19.8. The van der Waals surface area contributed by atoms with Crippen LogP contribution in [0.5, 0.6) is 0 Å². The summed E-state index contributed by atoms with van der Waals surface area (Å²) in [6.45, 7) is 22.6. The van der Waals surface area contributed by atoms with Crippen LogP contribution in [-0.4, -0.2) is 75.2 Å². The van der Waals surface area contributed by atoms with Crippen molar-refractivity contribution in [2.24, 2.45) is 5.92 Å². The van der Waals surface area contributed by atoms with E-state index in [0.29, 0.717) is 13.0 Å². The number of methoxy groups -OCH3 is 1. The van der Waals surface area contributed by atoms with Crippen LogP contribution in [0, 0.1) is 5.92 Å². The number of sulfone groups is 1. The van der Waals surface area contributed by atoms with Gasteiger partial charge in [-0.05, 0) is 48.4 Å². The highest BCUT2D eigenvalue weighted by molar-refractivity contribution is 7.91. The summed E-state index contributed by atoms with van der Waals surface area (Å²) in [5.74, 6) is -0.635. The molecule has 1 heterocycles. The lowest BCUT2D eigenvalue weighted by atomic mass is 9.94. The number of aldehydes is 1. The summed E-state index contributed by atoms with van der Waals surface area (Å²) < 4.78 is 52.4. The molecule has 2 rings (SSSR count). The van der Waals surface area contributed by atoms with Gasteiger partial charge in [-0.2, -0.15) is 0 Å². The minimum Gasteiger partial charge on any atom is -0.414 e. The highest BCUT2D eigenvalue weighted by Gasteiger charge is 2.49. The van der Waals surface area contributed by atoms with E-state index in [1.807, 2.05) is 0 Å². The van der Waals surface area contributed by atoms with Crippen molar-refractivity contribution in [2.45, 2.75) is 120 Å². The molecular weight excluding hydrogens is 549 g/mol. The van der Waals surface area contributed by atoms with E-state index < -0.39 is 50.7 Å². The molecule has 1 aromatic carbocycles. The van der Waals surface area contributed by atoms with Crippen molar-refractivity contribution in [1.82, 2.24) is 0 Å². The normalized spacial score (nSPS) is 24.1.